The Morgan fingerprint density at radius 2 is 2.04 bits per heavy atom. The number of ether oxygens (including phenoxy) is 1. The number of nitrogens with one attached hydrogen (secondary N) is 1. The lowest BCUT2D eigenvalue weighted by Gasteiger charge is -2.38. The van der Waals surface area contributed by atoms with Crippen LogP contribution in [0.3, 0.4) is 0 Å². The van der Waals surface area contributed by atoms with Crippen molar-refractivity contribution in [3.8, 4) is 0 Å². The molecule has 2 N–H and O–H groups in total. The number of allylic oxidation sites excluding steroid dienone is 1. The Morgan fingerprint density at radius 3 is 2.61 bits per heavy atom. The van der Waals surface area contributed by atoms with Crippen molar-refractivity contribution < 1.29 is 9.84 Å². The summed E-state index contributed by atoms with van der Waals surface area (Å²) in [5.74, 6) is 0. The van der Waals surface area contributed by atoms with Gasteiger partial charge in [0.15, 0.2) is 0 Å². The third-order valence-electron chi connectivity index (χ3n) is 5.54. The first kappa shape index (κ1) is 23.6. The Bertz CT molecular complexity index is 603. The van der Waals surface area contributed by atoms with Gasteiger partial charge in [-0.25, -0.2) is 0 Å². The minimum absolute atomic E-state index is 0.202. The molecule has 28 heavy (non-hydrogen) atoms. The average Bonchev–Trinajstić information content (AvgIpc) is 2.70. The monoisotopic (exact) mass is 429 g/mol. The Labute approximate surface area is 179 Å². The van der Waals surface area contributed by atoms with Gasteiger partial charge in [-0.15, -0.1) is 0 Å². The van der Waals surface area contributed by atoms with Crippen LogP contribution < -0.4 is 5.32 Å². The van der Waals surface area contributed by atoms with Crippen LogP contribution in [0.4, 0.5) is 0 Å². The van der Waals surface area contributed by atoms with Gasteiger partial charge in [0, 0.05) is 36.5 Å². The molecule has 7 heteroatoms. The topological polar surface area (TPSA) is 57.6 Å². The predicted octanol–water partition coefficient (Wildman–Crippen LogP) is 3.59. The van der Waals surface area contributed by atoms with Crippen LogP contribution in [0.25, 0.3) is 0 Å². The number of pyridine rings is 1. The van der Waals surface area contributed by atoms with E-state index in [1.807, 2.05) is 6.07 Å². The summed E-state index contributed by atoms with van der Waals surface area (Å²) in [6.07, 6.45) is 8.87. The minimum atomic E-state index is -0.312. The van der Waals surface area contributed by atoms with Crippen LogP contribution in [-0.4, -0.2) is 67.5 Å². The zero-order valence-corrected chi connectivity index (χ0v) is 18.3. The van der Waals surface area contributed by atoms with E-state index in [9.17, 15) is 5.11 Å². The minimum Gasteiger partial charge on any atom is -0.389 e. The highest BCUT2D eigenvalue weighted by atomic mass is 35.5. The number of likely N-dealkylation sites (tertiary alicyclic amines) is 1. The van der Waals surface area contributed by atoms with E-state index < -0.39 is 0 Å². The number of hydrogen-bond acceptors (Lipinski definition) is 5. The van der Waals surface area contributed by atoms with Crippen molar-refractivity contribution in [3.05, 3.63) is 40.7 Å². The highest BCUT2D eigenvalue weighted by Crippen LogP contribution is 2.43. The van der Waals surface area contributed by atoms with E-state index in [0.717, 1.165) is 51.1 Å². The fraction of sp³-hybridized carbons (Fsp3) is 0.667. The highest BCUT2D eigenvalue weighted by molar-refractivity contribution is 6.33. The van der Waals surface area contributed by atoms with Crippen LogP contribution in [0.2, 0.25) is 5.02 Å². The zero-order valence-electron chi connectivity index (χ0n) is 16.8. The van der Waals surface area contributed by atoms with Crippen molar-refractivity contribution in [3.63, 3.8) is 0 Å². The van der Waals surface area contributed by atoms with Crippen LogP contribution >= 0.6 is 23.2 Å². The van der Waals surface area contributed by atoms with Gasteiger partial charge in [0.25, 0.3) is 0 Å². The zero-order chi connectivity index (χ0) is 20.4. The summed E-state index contributed by atoms with van der Waals surface area (Å²) in [7, 11) is 1.62. The summed E-state index contributed by atoms with van der Waals surface area (Å²) in [4.78, 5) is 6.32. The van der Waals surface area contributed by atoms with E-state index in [4.69, 9.17) is 27.9 Å². The molecule has 0 amide bonds. The fourth-order valence-electron chi connectivity index (χ4n) is 3.99. The Balaban J connectivity index is 0.000000209. The van der Waals surface area contributed by atoms with E-state index >= 15 is 0 Å². The van der Waals surface area contributed by atoms with Crippen molar-refractivity contribution in [2.75, 3.05) is 46.4 Å². The number of rotatable bonds is 6. The molecule has 1 atom stereocenters. The standard InChI is InChI=1S/C12H14Cl2N2.C9H19NO2/c1-9(13)12(3-6-15-7-4-12)10-2-5-16-8-11(10)14;1-12-8-9(11)7-10-5-3-2-4-6-10/h2,5,8,15H,1,3-4,6-7H2;9,11H,2-8H2,1H3. The smallest absolute Gasteiger partial charge is 0.0900 e. The van der Waals surface area contributed by atoms with Crippen molar-refractivity contribution in [2.45, 2.75) is 43.6 Å². The van der Waals surface area contributed by atoms with E-state index in [1.165, 1.54) is 19.3 Å². The van der Waals surface area contributed by atoms with Crippen molar-refractivity contribution in [1.82, 2.24) is 15.2 Å². The number of aliphatic hydroxyl groups is 1. The molecule has 2 aliphatic rings. The molecule has 2 aliphatic heterocycles. The van der Waals surface area contributed by atoms with Gasteiger partial charge in [-0.05, 0) is 63.5 Å². The lowest BCUT2D eigenvalue weighted by atomic mass is 9.73. The molecule has 1 unspecified atom stereocenters. The summed E-state index contributed by atoms with van der Waals surface area (Å²) < 4.78 is 4.87. The van der Waals surface area contributed by atoms with Gasteiger partial charge < -0.3 is 20.1 Å². The maximum atomic E-state index is 9.43. The molecule has 1 aromatic heterocycles. The van der Waals surface area contributed by atoms with Gasteiger partial charge in [-0.2, -0.15) is 0 Å². The van der Waals surface area contributed by atoms with Crippen LogP contribution in [0.1, 0.15) is 37.7 Å². The SMILES string of the molecule is C=C(Cl)C1(c2ccncc2Cl)CCNCC1.COCC(O)CN1CCCCC1. The normalized spacial score (nSPS) is 20.7. The van der Waals surface area contributed by atoms with E-state index in [2.05, 4.69) is 21.8 Å². The van der Waals surface area contributed by atoms with Crippen molar-refractivity contribution >= 4 is 23.2 Å². The van der Waals surface area contributed by atoms with E-state index in [1.54, 1.807) is 19.5 Å². The van der Waals surface area contributed by atoms with Crippen molar-refractivity contribution in [1.29, 1.82) is 0 Å². The van der Waals surface area contributed by atoms with Crippen LogP contribution in [0, 0.1) is 0 Å². The molecule has 0 bridgehead atoms. The summed E-state index contributed by atoms with van der Waals surface area (Å²) in [5.41, 5.74) is 0.845. The molecule has 0 spiro atoms. The molecule has 3 rings (SSSR count). The Morgan fingerprint density at radius 1 is 1.36 bits per heavy atom. The molecule has 0 saturated carbocycles. The number of hydrogen-bond donors (Lipinski definition) is 2. The summed E-state index contributed by atoms with van der Waals surface area (Å²) in [5, 5.41) is 14.1. The number of methoxy groups -OCH3 is 1. The summed E-state index contributed by atoms with van der Waals surface area (Å²) in [6, 6.07) is 1.95. The number of aliphatic hydroxyl groups excluding tert-OH is 1. The maximum Gasteiger partial charge on any atom is 0.0900 e. The Kier molecular flexibility index (Phi) is 10.2. The second-order valence-electron chi connectivity index (χ2n) is 7.56. The van der Waals surface area contributed by atoms with Crippen LogP contribution in [-0.2, 0) is 10.2 Å². The van der Waals surface area contributed by atoms with E-state index in [-0.39, 0.29) is 11.5 Å². The second kappa shape index (κ2) is 12.1. The number of aromatic nitrogens is 1. The fourth-order valence-corrected chi connectivity index (χ4v) is 4.58. The quantitative estimate of drug-likeness (QED) is 0.723. The van der Waals surface area contributed by atoms with Gasteiger partial charge in [0.1, 0.15) is 0 Å². The average molecular weight is 430 g/mol. The van der Waals surface area contributed by atoms with Gasteiger partial charge in [0.2, 0.25) is 0 Å². The molecular formula is C21H33Cl2N3O2. The molecular weight excluding hydrogens is 397 g/mol. The molecule has 2 saturated heterocycles. The number of piperidine rings is 2. The molecule has 0 aliphatic carbocycles. The summed E-state index contributed by atoms with van der Waals surface area (Å²) >= 11 is 12.4. The predicted molar refractivity (Wildman–Crippen MR) is 116 cm³/mol. The first-order valence-corrected chi connectivity index (χ1v) is 10.8. The van der Waals surface area contributed by atoms with Gasteiger partial charge in [-0.3, -0.25) is 4.98 Å². The van der Waals surface area contributed by atoms with Gasteiger partial charge in [0.05, 0.1) is 17.7 Å². The largest absolute Gasteiger partial charge is 0.389 e. The first-order valence-electron chi connectivity index (χ1n) is 10.0. The third-order valence-corrected chi connectivity index (χ3v) is 6.20. The van der Waals surface area contributed by atoms with E-state index in [0.29, 0.717) is 16.7 Å². The number of β-amino-alcohol motifs (C(OH)–C–C–N with tert-alkyl or cyclic N) is 1. The lowest BCUT2D eigenvalue weighted by molar-refractivity contribution is 0.0335. The molecule has 1 aromatic rings. The lowest BCUT2D eigenvalue weighted by Crippen LogP contribution is -2.40. The summed E-state index contributed by atoms with van der Waals surface area (Å²) in [6.45, 7) is 9.30. The molecule has 158 valence electrons. The third kappa shape index (κ3) is 6.68. The van der Waals surface area contributed by atoms with Gasteiger partial charge >= 0.3 is 0 Å². The van der Waals surface area contributed by atoms with Gasteiger partial charge in [-0.1, -0.05) is 36.2 Å². The second-order valence-corrected chi connectivity index (χ2v) is 8.43. The number of nitrogens with zero attached hydrogens (tertiary/aromatic N) is 2. The van der Waals surface area contributed by atoms with Crippen LogP contribution in [0.15, 0.2) is 30.1 Å². The first-order chi connectivity index (χ1) is 13.5. The molecule has 0 aromatic carbocycles. The molecule has 0 radical (unpaired) electrons. The molecule has 3 heterocycles. The Hall–Kier alpha value is -0.690. The number of halogens is 2. The molecule has 2 fully saturated rings. The highest BCUT2D eigenvalue weighted by Gasteiger charge is 2.37. The molecule has 5 nitrogen and oxygen atoms in total. The maximum absolute atomic E-state index is 9.43. The van der Waals surface area contributed by atoms with Crippen molar-refractivity contribution in [2.24, 2.45) is 0 Å². The van der Waals surface area contributed by atoms with Crippen LogP contribution in [0.5, 0.6) is 0 Å².